The summed E-state index contributed by atoms with van der Waals surface area (Å²) in [6.07, 6.45) is 0.803. The van der Waals surface area contributed by atoms with E-state index in [0.29, 0.717) is 29.8 Å². The molecule has 8 nitrogen and oxygen atoms in total. The predicted octanol–water partition coefficient (Wildman–Crippen LogP) is 1.99. The molecule has 2 amide bonds. The Morgan fingerprint density at radius 3 is 2.77 bits per heavy atom. The van der Waals surface area contributed by atoms with E-state index >= 15 is 0 Å². The van der Waals surface area contributed by atoms with Gasteiger partial charge in [-0.1, -0.05) is 15.9 Å². The molecule has 0 bridgehead atoms. The number of amides is 2. The molecular weight excluding hydrogens is 428 g/mol. The lowest BCUT2D eigenvalue weighted by Crippen LogP contribution is -2.39. The monoisotopic (exact) mass is 444 g/mol. The Bertz CT molecular complexity index is 775. The number of carbonyl (C=O) groups excluding carboxylic acids is 2. The number of hydrogen-bond donors (Lipinski definition) is 1. The fourth-order valence-electron chi connectivity index (χ4n) is 3.86. The van der Waals surface area contributed by atoms with Crippen LogP contribution >= 0.6 is 27.5 Å². The molecule has 0 radical (unpaired) electrons. The molecule has 0 aromatic heterocycles. The van der Waals surface area contributed by atoms with Gasteiger partial charge in [0.05, 0.1) is 16.5 Å². The topological polar surface area (TPSA) is 95.8 Å². The number of nitrogens with one attached hydrogen (secondary N) is 1. The van der Waals surface area contributed by atoms with Crippen molar-refractivity contribution in [2.45, 2.75) is 12.5 Å². The number of alkyl halides is 1. The van der Waals surface area contributed by atoms with Gasteiger partial charge in [0.2, 0.25) is 5.91 Å². The van der Waals surface area contributed by atoms with Gasteiger partial charge in [0.25, 0.3) is 11.6 Å². The molecule has 0 saturated carbocycles. The number of hydrogen-bond acceptors (Lipinski definition) is 5. The van der Waals surface area contributed by atoms with Gasteiger partial charge in [0.1, 0.15) is 11.6 Å². The molecule has 1 aromatic carbocycles. The van der Waals surface area contributed by atoms with Crippen molar-refractivity contribution in [3.8, 4) is 0 Å². The first kappa shape index (κ1) is 18.9. The first-order valence-corrected chi connectivity index (χ1v) is 9.50. The number of nitro benzene ring substituents is 1. The average Bonchev–Trinajstić information content (AvgIpc) is 3.20. The largest absolute Gasteiger partial charge is 0.360 e. The third kappa shape index (κ3) is 3.25. The number of rotatable bonds is 4. The minimum Gasteiger partial charge on any atom is -0.360 e. The highest BCUT2D eigenvalue weighted by molar-refractivity contribution is 9.10. The first-order valence-electron chi connectivity index (χ1n) is 8.17. The smallest absolute Gasteiger partial charge is 0.294 e. The minimum atomic E-state index is -0.476. The van der Waals surface area contributed by atoms with Crippen LogP contribution in [0.15, 0.2) is 16.6 Å². The van der Waals surface area contributed by atoms with E-state index in [9.17, 15) is 19.7 Å². The molecule has 1 aromatic rings. The Balaban J connectivity index is 2.04. The van der Waals surface area contributed by atoms with Crippen molar-refractivity contribution >= 4 is 50.7 Å². The number of carbonyl (C=O) groups is 2. The molecule has 26 heavy (non-hydrogen) atoms. The fraction of sp³-hybridized carbons (Fsp3) is 0.500. The molecule has 2 fully saturated rings. The van der Waals surface area contributed by atoms with Crippen molar-refractivity contribution in [2.24, 2.45) is 5.92 Å². The molecule has 2 unspecified atom stereocenters. The number of benzene rings is 1. The Morgan fingerprint density at radius 1 is 1.42 bits per heavy atom. The number of fused-ring (bicyclic) bond motifs is 1. The van der Waals surface area contributed by atoms with E-state index in [1.807, 2.05) is 4.90 Å². The number of nitrogens with zero attached hydrogens (tertiary/aromatic N) is 3. The molecule has 2 aliphatic rings. The maximum Gasteiger partial charge on any atom is 0.294 e. The van der Waals surface area contributed by atoms with Crippen molar-refractivity contribution in [3.63, 3.8) is 0 Å². The zero-order valence-corrected chi connectivity index (χ0v) is 16.4. The summed E-state index contributed by atoms with van der Waals surface area (Å²) >= 11 is 8.90. The van der Waals surface area contributed by atoms with Gasteiger partial charge in [0, 0.05) is 43.1 Å². The lowest BCUT2D eigenvalue weighted by molar-refractivity contribution is -0.384. The average molecular weight is 446 g/mol. The van der Waals surface area contributed by atoms with Crippen LogP contribution in [-0.2, 0) is 4.79 Å². The van der Waals surface area contributed by atoms with Crippen molar-refractivity contribution in [2.75, 3.05) is 37.5 Å². The highest BCUT2D eigenvalue weighted by Gasteiger charge is 2.45. The number of halogens is 2. The van der Waals surface area contributed by atoms with E-state index < -0.39 is 4.92 Å². The lowest BCUT2D eigenvalue weighted by atomic mass is 10.0. The maximum absolute atomic E-state index is 12.4. The summed E-state index contributed by atoms with van der Waals surface area (Å²) in [5.74, 6) is -0.401. The SMILES string of the molecule is CNC(=O)c1cc(Br)cc([N+](=O)[O-])c1N1CCC2CN(C(=O)CCl)CC21. The summed E-state index contributed by atoms with van der Waals surface area (Å²) in [4.78, 5) is 39.1. The summed E-state index contributed by atoms with van der Waals surface area (Å²) in [5, 5.41) is 14.2. The normalized spacial score (nSPS) is 21.7. The number of anilines is 1. The van der Waals surface area contributed by atoms with E-state index in [4.69, 9.17) is 11.6 Å². The summed E-state index contributed by atoms with van der Waals surface area (Å²) in [6.45, 7) is 1.65. The third-order valence-electron chi connectivity index (χ3n) is 5.02. The molecule has 1 N–H and O–H groups in total. The van der Waals surface area contributed by atoms with Gasteiger partial charge >= 0.3 is 0 Å². The second kappa shape index (κ2) is 7.40. The van der Waals surface area contributed by atoms with E-state index in [2.05, 4.69) is 21.2 Å². The molecule has 2 atom stereocenters. The third-order valence-corrected chi connectivity index (χ3v) is 5.71. The van der Waals surface area contributed by atoms with Gasteiger partial charge in [-0.2, -0.15) is 0 Å². The van der Waals surface area contributed by atoms with Crippen LogP contribution in [0.2, 0.25) is 0 Å². The molecule has 2 saturated heterocycles. The number of likely N-dealkylation sites (tertiary alicyclic amines) is 1. The van der Waals surface area contributed by atoms with Gasteiger partial charge in [-0.3, -0.25) is 19.7 Å². The lowest BCUT2D eigenvalue weighted by Gasteiger charge is -2.28. The maximum atomic E-state index is 12.4. The summed E-state index contributed by atoms with van der Waals surface area (Å²) < 4.78 is 0.465. The predicted molar refractivity (Wildman–Crippen MR) is 101 cm³/mol. The van der Waals surface area contributed by atoms with Gasteiger partial charge in [0.15, 0.2) is 0 Å². The second-order valence-electron chi connectivity index (χ2n) is 6.40. The first-order chi connectivity index (χ1) is 12.4. The van der Waals surface area contributed by atoms with Crippen molar-refractivity contribution in [1.29, 1.82) is 0 Å². The van der Waals surface area contributed by atoms with Gasteiger partial charge in [-0.05, 0) is 12.5 Å². The Morgan fingerprint density at radius 2 is 2.15 bits per heavy atom. The Hall–Kier alpha value is -1.87. The zero-order valence-electron chi connectivity index (χ0n) is 14.1. The summed E-state index contributed by atoms with van der Waals surface area (Å²) in [7, 11) is 1.49. The second-order valence-corrected chi connectivity index (χ2v) is 7.58. The van der Waals surface area contributed by atoms with E-state index in [-0.39, 0.29) is 40.9 Å². The van der Waals surface area contributed by atoms with Crippen LogP contribution < -0.4 is 10.2 Å². The van der Waals surface area contributed by atoms with Gasteiger partial charge in [-0.15, -0.1) is 11.6 Å². The molecule has 2 aliphatic heterocycles. The highest BCUT2D eigenvalue weighted by atomic mass is 79.9. The summed E-state index contributed by atoms with van der Waals surface area (Å²) in [6, 6.07) is 2.93. The molecular formula is C16H18BrClN4O4. The zero-order chi connectivity index (χ0) is 19.0. The molecule has 10 heteroatoms. The van der Waals surface area contributed by atoms with E-state index in [1.54, 1.807) is 11.0 Å². The van der Waals surface area contributed by atoms with E-state index in [0.717, 1.165) is 6.42 Å². The van der Waals surface area contributed by atoms with Crippen LogP contribution in [0, 0.1) is 16.0 Å². The van der Waals surface area contributed by atoms with Crippen LogP contribution in [0.25, 0.3) is 0 Å². The molecule has 0 aliphatic carbocycles. The standard InChI is InChI=1S/C16H18BrClN4O4/c1-19-16(24)11-4-10(17)5-12(22(25)26)15(11)21-3-2-9-7-20(8-13(9)21)14(23)6-18/h4-5,9,13H,2-3,6-8H2,1H3,(H,19,24). The number of nitro groups is 1. The minimum absolute atomic E-state index is 0.0644. The Kier molecular flexibility index (Phi) is 5.38. The molecule has 2 heterocycles. The molecule has 0 spiro atoms. The van der Waals surface area contributed by atoms with E-state index in [1.165, 1.54) is 13.1 Å². The van der Waals surface area contributed by atoms with Crippen molar-refractivity contribution < 1.29 is 14.5 Å². The molecule has 140 valence electrons. The van der Waals surface area contributed by atoms with Crippen LogP contribution in [0.3, 0.4) is 0 Å². The quantitative estimate of drug-likeness (QED) is 0.434. The van der Waals surface area contributed by atoms with Gasteiger partial charge in [-0.25, -0.2) is 0 Å². The van der Waals surface area contributed by atoms with Crippen LogP contribution in [0.4, 0.5) is 11.4 Å². The van der Waals surface area contributed by atoms with Crippen LogP contribution in [0.1, 0.15) is 16.8 Å². The van der Waals surface area contributed by atoms with Crippen molar-refractivity contribution in [1.82, 2.24) is 10.2 Å². The Labute approximate surface area is 163 Å². The van der Waals surface area contributed by atoms with Crippen LogP contribution in [0.5, 0.6) is 0 Å². The van der Waals surface area contributed by atoms with Crippen molar-refractivity contribution in [3.05, 3.63) is 32.3 Å². The summed E-state index contributed by atoms with van der Waals surface area (Å²) in [5.41, 5.74) is 0.433. The van der Waals surface area contributed by atoms with Crippen LogP contribution in [-0.4, -0.2) is 60.2 Å². The van der Waals surface area contributed by atoms with Gasteiger partial charge < -0.3 is 15.1 Å². The fourth-order valence-corrected chi connectivity index (χ4v) is 4.48. The highest BCUT2D eigenvalue weighted by Crippen LogP contribution is 2.42. The molecule has 3 rings (SSSR count).